The summed E-state index contributed by atoms with van der Waals surface area (Å²) < 4.78 is 4.65. The van der Waals surface area contributed by atoms with Gasteiger partial charge in [-0.15, -0.1) is 0 Å². The summed E-state index contributed by atoms with van der Waals surface area (Å²) in [6.07, 6.45) is 0.657. The molecule has 1 heterocycles. The van der Waals surface area contributed by atoms with Crippen LogP contribution in [0.1, 0.15) is 28.5 Å². The molecule has 1 aromatic rings. The zero-order chi connectivity index (χ0) is 10.7. The largest absolute Gasteiger partial charge is 0.465 e. The van der Waals surface area contributed by atoms with Gasteiger partial charge in [0.2, 0.25) is 0 Å². The number of aromatic nitrogens is 1. The summed E-state index contributed by atoms with van der Waals surface area (Å²) in [5, 5.41) is 0.439. The van der Waals surface area contributed by atoms with Gasteiger partial charge in [0.25, 0.3) is 0 Å². The van der Waals surface area contributed by atoms with Crippen molar-refractivity contribution in [1.82, 2.24) is 4.98 Å². The second-order valence-corrected chi connectivity index (χ2v) is 3.29. The molecule has 0 unspecified atom stereocenters. The van der Waals surface area contributed by atoms with Crippen molar-refractivity contribution in [1.29, 1.82) is 0 Å². The molecule has 0 atom stereocenters. The Labute approximate surface area is 88.1 Å². The third kappa shape index (κ3) is 2.04. The molecule has 0 fully saturated rings. The lowest BCUT2D eigenvalue weighted by atomic mass is 10.1. The van der Waals surface area contributed by atoms with Crippen molar-refractivity contribution in [2.45, 2.75) is 20.3 Å². The Morgan fingerprint density at radius 1 is 1.64 bits per heavy atom. The fraction of sp³-hybridized carbons (Fsp3) is 0.400. The van der Waals surface area contributed by atoms with Gasteiger partial charge < -0.3 is 4.74 Å². The van der Waals surface area contributed by atoms with E-state index < -0.39 is 0 Å². The Bertz CT molecular complexity index is 363. The molecule has 1 aromatic heterocycles. The molecule has 0 saturated carbocycles. The average Bonchev–Trinajstić information content (AvgIpc) is 2.20. The van der Waals surface area contributed by atoms with E-state index in [0.29, 0.717) is 22.8 Å². The van der Waals surface area contributed by atoms with Crippen LogP contribution in [-0.2, 0) is 11.2 Å². The zero-order valence-electron chi connectivity index (χ0n) is 8.43. The molecule has 0 amide bonds. The lowest BCUT2D eigenvalue weighted by Crippen LogP contribution is -2.08. The van der Waals surface area contributed by atoms with Crippen molar-refractivity contribution < 1.29 is 9.53 Å². The van der Waals surface area contributed by atoms with Gasteiger partial charge in [0, 0.05) is 0 Å². The average molecular weight is 214 g/mol. The molecule has 3 nitrogen and oxygen atoms in total. The van der Waals surface area contributed by atoms with E-state index in [1.165, 1.54) is 7.11 Å². The summed E-state index contributed by atoms with van der Waals surface area (Å²) >= 11 is 5.85. The molecule has 0 aliphatic heterocycles. The van der Waals surface area contributed by atoms with Crippen molar-refractivity contribution in [2.24, 2.45) is 0 Å². The van der Waals surface area contributed by atoms with Crippen molar-refractivity contribution in [3.63, 3.8) is 0 Å². The monoisotopic (exact) mass is 213 g/mol. The normalized spacial score (nSPS) is 10.0. The summed E-state index contributed by atoms with van der Waals surface area (Å²) in [5.41, 5.74) is 1.95. The summed E-state index contributed by atoms with van der Waals surface area (Å²) in [5.74, 6) is -0.367. The van der Waals surface area contributed by atoms with Crippen LogP contribution >= 0.6 is 11.6 Å². The summed E-state index contributed by atoms with van der Waals surface area (Å²) in [7, 11) is 1.35. The number of hydrogen-bond donors (Lipinski definition) is 0. The highest BCUT2D eigenvalue weighted by Crippen LogP contribution is 2.18. The molecule has 0 bridgehead atoms. The highest BCUT2D eigenvalue weighted by atomic mass is 35.5. The molecule has 0 aliphatic rings. The SMILES string of the molecule is CCc1nc(Cl)c(C)cc1C(=O)OC. The maximum atomic E-state index is 11.4. The van der Waals surface area contributed by atoms with Crippen LogP contribution in [0.25, 0.3) is 0 Å². The summed E-state index contributed by atoms with van der Waals surface area (Å²) in [4.78, 5) is 15.5. The van der Waals surface area contributed by atoms with E-state index in [2.05, 4.69) is 9.72 Å². The molecule has 14 heavy (non-hydrogen) atoms. The van der Waals surface area contributed by atoms with E-state index in [1.54, 1.807) is 13.0 Å². The Morgan fingerprint density at radius 3 is 2.79 bits per heavy atom. The minimum atomic E-state index is -0.367. The van der Waals surface area contributed by atoms with E-state index in [-0.39, 0.29) is 5.97 Å². The number of hydrogen-bond acceptors (Lipinski definition) is 3. The van der Waals surface area contributed by atoms with E-state index in [9.17, 15) is 4.79 Å². The molecule has 0 radical (unpaired) electrons. The molecule has 0 aromatic carbocycles. The zero-order valence-corrected chi connectivity index (χ0v) is 9.18. The van der Waals surface area contributed by atoms with Crippen LogP contribution < -0.4 is 0 Å². The number of pyridine rings is 1. The van der Waals surface area contributed by atoms with Crippen molar-refractivity contribution >= 4 is 17.6 Å². The van der Waals surface area contributed by atoms with E-state index in [4.69, 9.17) is 11.6 Å². The van der Waals surface area contributed by atoms with Crippen LogP contribution in [-0.4, -0.2) is 18.1 Å². The van der Waals surface area contributed by atoms with Gasteiger partial charge in [0.05, 0.1) is 18.4 Å². The minimum Gasteiger partial charge on any atom is -0.465 e. The molecule has 0 spiro atoms. The van der Waals surface area contributed by atoms with Gasteiger partial charge in [-0.05, 0) is 25.0 Å². The Balaban J connectivity index is 3.27. The third-order valence-electron chi connectivity index (χ3n) is 1.97. The fourth-order valence-corrected chi connectivity index (χ4v) is 1.34. The van der Waals surface area contributed by atoms with Gasteiger partial charge in [-0.1, -0.05) is 18.5 Å². The van der Waals surface area contributed by atoms with Gasteiger partial charge in [-0.25, -0.2) is 9.78 Å². The Morgan fingerprint density at radius 2 is 2.29 bits per heavy atom. The lowest BCUT2D eigenvalue weighted by Gasteiger charge is -2.07. The van der Waals surface area contributed by atoms with Gasteiger partial charge in [-0.3, -0.25) is 0 Å². The first-order chi connectivity index (χ1) is 6.60. The van der Waals surface area contributed by atoms with Gasteiger partial charge in [0.1, 0.15) is 5.15 Å². The number of esters is 1. The Kier molecular flexibility index (Phi) is 3.47. The number of nitrogens with zero attached hydrogens (tertiary/aromatic N) is 1. The number of carbonyl (C=O) groups excluding carboxylic acids is 1. The van der Waals surface area contributed by atoms with Crippen LogP contribution in [0, 0.1) is 6.92 Å². The van der Waals surface area contributed by atoms with Crippen LogP contribution in [0.2, 0.25) is 5.15 Å². The van der Waals surface area contributed by atoms with Crippen LogP contribution in [0.4, 0.5) is 0 Å². The molecular formula is C10H12ClNO2. The molecular weight excluding hydrogens is 202 g/mol. The summed E-state index contributed by atoms with van der Waals surface area (Å²) in [6.45, 7) is 3.72. The van der Waals surface area contributed by atoms with Gasteiger partial charge >= 0.3 is 5.97 Å². The van der Waals surface area contributed by atoms with Crippen molar-refractivity contribution in [3.8, 4) is 0 Å². The lowest BCUT2D eigenvalue weighted by molar-refractivity contribution is 0.0599. The molecule has 4 heteroatoms. The second kappa shape index (κ2) is 4.42. The standard InChI is InChI=1S/C10H12ClNO2/c1-4-8-7(10(13)14-3)5-6(2)9(11)12-8/h5H,4H2,1-3H3. The van der Waals surface area contributed by atoms with E-state index >= 15 is 0 Å². The highest BCUT2D eigenvalue weighted by Gasteiger charge is 2.13. The molecule has 0 N–H and O–H groups in total. The quantitative estimate of drug-likeness (QED) is 0.560. The number of rotatable bonds is 2. The third-order valence-corrected chi connectivity index (χ3v) is 2.35. The minimum absolute atomic E-state index is 0.367. The number of aryl methyl sites for hydroxylation is 2. The number of ether oxygens (including phenoxy) is 1. The van der Waals surface area contributed by atoms with Crippen LogP contribution in [0.3, 0.4) is 0 Å². The number of carbonyl (C=O) groups is 1. The van der Waals surface area contributed by atoms with Gasteiger partial charge in [-0.2, -0.15) is 0 Å². The molecule has 0 aliphatic carbocycles. The maximum Gasteiger partial charge on any atom is 0.339 e. The van der Waals surface area contributed by atoms with Crippen molar-refractivity contribution in [2.75, 3.05) is 7.11 Å². The van der Waals surface area contributed by atoms with Gasteiger partial charge in [0.15, 0.2) is 0 Å². The highest BCUT2D eigenvalue weighted by molar-refractivity contribution is 6.30. The maximum absolute atomic E-state index is 11.4. The first-order valence-electron chi connectivity index (χ1n) is 4.34. The number of methoxy groups -OCH3 is 1. The van der Waals surface area contributed by atoms with Crippen LogP contribution in [0.5, 0.6) is 0 Å². The predicted molar refractivity (Wildman–Crippen MR) is 54.7 cm³/mol. The smallest absolute Gasteiger partial charge is 0.339 e. The van der Waals surface area contributed by atoms with Crippen molar-refractivity contribution in [3.05, 3.63) is 28.0 Å². The second-order valence-electron chi connectivity index (χ2n) is 2.94. The summed E-state index contributed by atoms with van der Waals surface area (Å²) in [6, 6.07) is 1.71. The Hall–Kier alpha value is -1.09. The fourth-order valence-electron chi connectivity index (χ4n) is 1.18. The van der Waals surface area contributed by atoms with Crippen LogP contribution in [0.15, 0.2) is 6.07 Å². The topological polar surface area (TPSA) is 39.2 Å². The first kappa shape index (κ1) is 11.0. The number of halogens is 1. The first-order valence-corrected chi connectivity index (χ1v) is 4.72. The predicted octanol–water partition coefficient (Wildman–Crippen LogP) is 2.39. The molecule has 1 rings (SSSR count). The van der Waals surface area contributed by atoms with E-state index in [1.807, 2.05) is 6.92 Å². The molecule has 76 valence electrons. The molecule has 0 saturated heterocycles. The van der Waals surface area contributed by atoms with E-state index in [0.717, 1.165) is 5.56 Å².